The van der Waals surface area contributed by atoms with Gasteiger partial charge in [-0.2, -0.15) is 0 Å². The maximum atomic E-state index is 12.2. The molecule has 0 aromatic carbocycles. The van der Waals surface area contributed by atoms with Crippen LogP contribution in [0.1, 0.15) is 34.6 Å². The highest BCUT2D eigenvalue weighted by atomic mass is 32.1. The topological polar surface area (TPSA) is 83.4 Å². The van der Waals surface area contributed by atoms with E-state index in [1.807, 2.05) is 0 Å². The lowest BCUT2D eigenvalue weighted by atomic mass is 10.0. The van der Waals surface area contributed by atoms with Crippen LogP contribution in [-0.2, 0) is 4.79 Å². The van der Waals surface area contributed by atoms with Crippen LogP contribution in [0.2, 0.25) is 0 Å². The Hall–Kier alpha value is -1.50. The number of piperidine rings is 1. The Labute approximate surface area is 102 Å². The maximum Gasteiger partial charge on any atom is 0.326 e. The molecule has 92 valence electrons. The second kappa shape index (κ2) is 4.79. The summed E-state index contributed by atoms with van der Waals surface area (Å²) in [7, 11) is 0. The predicted molar refractivity (Wildman–Crippen MR) is 61.0 cm³/mol. The summed E-state index contributed by atoms with van der Waals surface area (Å²) in [5, 5.41) is 12.9. The Morgan fingerprint density at radius 1 is 1.47 bits per heavy atom. The van der Waals surface area contributed by atoms with Gasteiger partial charge >= 0.3 is 5.97 Å². The largest absolute Gasteiger partial charge is 0.480 e. The van der Waals surface area contributed by atoms with Gasteiger partial charge in [0.05, 0.1) is 5.69 Å². The average Bonchev–Trinajstić information content (AvgIpc) is 2.74. The Balaban J connectivity index is 2.23. The molecular weight excluding hydrogens is 242 g/mol. The molecule has 1 amide bonds. The van der Waals surface area contributed by atoms with Crippen molar-refractivity contribution in [1.82, 2.24) is 14.5 Å². The molecule has 1 aromatic rings. The molecule has 0 bridgehead atoms. The van der Waals surface area contributed by atoms with Crippen LogP contribution in [0, 0.1) is 6.92 Å². The van der Waals surface area contributed by atoms with Crippen molar-refractivity contribution in [3.63, 3.8) is 0 Å². The fourth-order valence-corrected chi connectivity index (χ4v) is 2.60. The van der Waals surface area contributed by atoms with Crippen molar-refractivity contribution >= 4 is 23.4 Å². The fraction of sp³-hybridized carbons (Fsp3) is 0.600. The van der Waals surface area contributed by atoms with Gasteiger partial charge in [-0.15, -0.1) is 5.10 Å². The lowest BCUT2D eigenvalue weighted by Gasteiger charge is -2.32. The minimum atomic E-state index is -0.937. The molecule has 7 heteroatoms. The minimum Gasteiger partial charge on any atom is -0.480 e. The van der Waals surface area contributed by atoms with E-state index < -0.39 is 12.0 Å². The number of nitrogens with zero attached hydrogens (tertiary/aromatic N) is 3. The lowest BCUT2D eigenvalue weighted by Crippen LogP contribution is -2.47. The van der Waals surface area contributed by atoms with E-state index in [1.165, 1.54) is 4.90 Å². The molecular formula is C10H13N3O3S. The van der Waals surface area contributed by atoms with Crippen LogP contribution >= 0.6 is 11.5 Å². The monoisotopic (exact) mass is 255 g/mol. The summed E-state index contributed by atoms with van der Waals surface area (Å²) < 4.78 is 3.70. The SMILES string of the molecule is Cc1nnsc1C(=O)N1CCCC[C@@H]1C(=O)O. The summed E-state index contributed by atoms with van der Waals surface area (Å²) >= 11 is 1.02. The van der Waals surface area contributed by atoms with Gasteiger partial charge in [0.25, 0.3) is 5.91 Å². The first kappa shape index (κ1) is 12.0. The van der Waals surface area contributed by atoms with Gasteiger partial charge in [0.2, 0.25) is 0 Å². The second-order valence-electron chi connectivity index (χ2n) is 4.04. The van der Waals surface area contributed by atoms with E-state index >= 15 is 0 Å². The number of likely N-dealkylation sites (tertiary alicyclic amines) is 1. The molecule has 1 saturated heterocycles. The van der Waals surface area contributed by atoms with Gasteiger partial charge in [-0.3, -0.25) is 4.79 Å². The highest BCUT2D eigenvalue weighted by Gasteiger charge is 2.33. The standard InChI is InChI=1S/C10H13N3O3S/c1-6-8(17-12-11-6)9(14)13-5-3-2-4-7(13)10(15)16/h7H,2-5H2,1H3,(H,15,16)/t7-/m1/s1. The van der Waals surface area contributed by atoms with Crippen LogP contribution in [0.5, 0.6) is 0 Å². The van der Waals surface area contributed by atoms with E-state index in [-0.39, 0.29) is 5.91 Å². The summed E-state index contributed by atoms with van der Waals surface area (Å²) in [5.74, 6) is -1.20. The zero-order valence-corrected chi connectivity index (χ0v) is 10.2. The number of aromatic nitrogens is 2. The molecule has 17 heavy (non-hydrogen) atoms. The maximum absolute atomic E-state index is 12.2. The van der Waals surface area contributed by atoms with Crippen molar-refractivity contribution in [3.05, 3.63) is 10.6 Å². The molecule has 2 heterocycles. The fourth-order valence-electron chi connectivity index (χ4n) is 1.99. The zero-order valence-electron chi connectivity index (χ0n) is 9.42. The smallest absolute Gasteiger partial charge is 0.326 e. The molecule has 1 atom stereocenters. The van der Waals surface area contributed by atoms with E-state index in [0.29, 0.717) is 23.5 Å². The van der Waals surface area contributed by atoms with E-state index in [9.17, 15) is 9.59 Å². The number of carboxylic acids is 1. The highest BCUT2D eigenvalue weighted by molar-refractivity contribution is 7.07. The van der Waals surface area contributed by atoms with Crippen LogP contribution in [0.3, 0.4) is 0 Å². The molecule has 1 aliphatic rings. The average molecular weight is 255 g/mol. The van der Waals surface area contributed by atoms with Crippen molar-refractivity contribution in [3.8, 4) is 0 Å². The Kier molecular flexibility index (Phi) is 3.37. The van der Waals surface area contributed by atoms with Crippen molar-refractivity contribution in [2.75, 3.05) is 6.54 Å². The summed E-state index contributed by atoms with van der Waals surface area (Å²) in [4.78, 5) is 25.2. The van der Waals surface area contributed by atoms with E-state index in [2.05, 4.69) is 9.59 Å². The van der Waals surface area contributed by atoms with Crippen molar-refractivity contribution in [1.29, 1.82) is 0 Å². The Morgan fingerprint density at radius 2 is 2.24 bits per heavy atom. The van der Waals surface area contributed by atoms with Gasteiger partial charge in [0, 0.05) is 6.54 Å². The van der Waals surface area contributed by atoms with Gasteiger partial charge in [-0.1, -0.05) is 4.49 Å². The van der Waals surface area contributed by atoms with Gasteiger partial charge in [0.15, 0.2) is 0 Å². The van der Waals surface area contributed by atoms with Crippen LogP contribution in [0.25, 0.3) is 0 Å². The third-order valence-corrected chi connectivity index (χ3v) is 3.71. The summed E-state index contributed by atoms with van der Waals surface area (Å²) in [6.07, 6.45) is 2.22. The lowest BCUT2D eigenvalue weighted by molar-refractivity contribution is -0.143. The van der Waals surface area contributed by atoms with Gasteiger partial charge in [-0.25, -0.2) is 4.79 Å². The number of carbonyl (C=O) groups is 2. The molecule has 0 saturated carbocycles. The summed E-state index contributed by atoms with van der Waals surface area (Å²) in [5.41, 5.74) is 0.565. The second-order valence-corrected chi connectivity index (χ2v) is 4.79. The zero-order chi connectivity index (χ0) is 12.4. The molecule has 0 unspecified atom stereocenters. The molecule has 1 aliphatic heterocycles. The molecule has 1 aromatic heterocycles. The molecule has 6 nitrogen and oxygen atoms in total. The number of rotatable bonds is 2. The number of aliphatic carboxylic acids is 1. The van der Waals surface area contributed by atoms with E-state index in [4.69, 9.17) is 5.11 Å². The molecule has 0 radical (unpaired) electrons. The summed E-state index contributed by atoms with van der Waals surface area (Å²) in [6, 6.07) is -0.710. The first-order valence-electron chi connectivity index (χ1n) is 5.44. The van der Waals surface area contributed by atoms with Gasteiger partial charge in [0.1, 0.15) is 10.9 Å². The third-order valence-electron chi connectivity index (χ3n) is 2.89. The first-order valence-corrected chi connectivity index (χ1v) is 6.21. The predicted octanol–water partition coefficient (Wildman–Crippen LogP) is 0.926. The Morgan fingerprint density at radius 3 is 2.82 bits per heavy atom. The quantitative estimate of drug-likeness (QED) is 0.849. The minimum absolute atomic E-state index is 0.260. The molecule has 0 spiro atoms. The van der Waals surface area contributed by atoms with Crippen molar-refractivity contribution < 1.29 is 14.7 Å². The number of carbonyl (C=O) groups excluding carboxylic acids is 1. The highest BCUT2D eigenvalue weighted by Crippen LogP contribution is 2.22. The first-order chi connectivity index (χ1) is 8.11. The van der Waals surface area contributed by atoms with Crippen molar-refractivity contribution in [2.45, 2.75) is 32.2 Å². The molecule has 2 rings (SSSR count). The van der Waals surface area contributed by atoms with Crippen LogP contribution in [0.15, 0.2) is 0 Å². The van der Waals surface area contributed by atoms with Crippen LogP contribution in [0.4, 0.5) is 0 Å². The summed E-state index contributed by atoms with van der Waals surface area (Å²) in [6.45, 7) is 2.20. The number of hydrogen-bond donors (Lipinski definition) is 1. The number of aryl methyl sites for hydroxylation is 1. The van der Waals surface area contributed by atoms with Crippen LogP contribution < -0.4 is 0 Å². The van der Waals surface area contributed by atoms with E-state index in [1.54, 1.807) is 6.92 Å². The normalized spacial score (nSPS) is 20.3. The van der Waals surface area contributed by atoms with E-state index in [0.717, 1.165) is 24.4 Å². The molecule has 0 aliphatic carbocycles. The van der Waals surface area contributed by atoms with Crippen molar-refractivity contribution in [2.24, 2.45) is 0 Å². The number of hydrogen-bond acceptors (Lipinski definition) is 5. The van der Waals surface area contributed by atoms with Crippen LogP contribution in [-0.4, -0.2) is 44.1 Å². The number of amides is 1. The number of carboxylic acid groups (broad SMARTS) is 1. The Bertz CT molecular complexity index is 446. The van der Waals surface area contributed by atoms with Gasteiger partial charge in [-0.05, 0) is 37.7 Å². The molecule has 1 fully saturated rings. The third kappa shape index (κ3) is 2.28. The van der Waals surface area contributed by atoms with Gasteiger partial charge < -0.3 is 10.0 Å². The molecule has 1 N–H and O–H groups in total.